The van der Waals surface area contributed by atoms with E-state index >= 15 is 0 Å². The van der Waals surface area contributed by atoms with E-state index in [2.05, 4.69) is 24.1 Å². The number of benzene rings is 1. The number of amides is 1. The van der Waals surface area contributed by atoms with Crippen LogP contribution in [0.5, 0.6) is 0 Å². The number of hydrogen-bond acceptors (Lipinski definition) is 2. The summed E-state index contributed by atoms with van der Waals surface area (Å²) in [7, 11) is 0. The Bertz CT molecular complexity index is 645. The van der Waals surface area contributed by atoms with Crippen LogP contribution in [-0.4, -0.2) is 17.4 Å². The van der Waals surface area contributed by atoms with Crippen molar-refractivity contribution in [3.05, 3.63) is 70.1 Å². The first-order chi connectivity index (χ1) is 9.50. The molecule has 0 saturated heterocycles. The Morgan fingerprint density at radius 1 is 1.20 bits per heavy atom. The lowest BCUT2D eigenvalue weighted by molar-refractivity contribution is 0.0944. The normalized spacial score (nSPS) is 11.1. The van der Waals surface area contributed by atoms with Crippen molar-refractivity contribution in [1.82, 2.24) is 10.3 Å². The van der Waals surface area contributed by atoms with Crippen molar-refractivity contribution in [2.24, 2.45) is 0 Å². The first-order valence-corrected chi connectivity index (χ1v) is 6.51. The zero-order chi connectivity index (χ0) is 14.6. The van der Waals surface area contributed by atoms with Gasteiger partial charge in [0, 0.05) is 30.4 Å². The molecule has 1 amide bonds. The highest BCUT2D eigenvalue weighted by Crippen LogP contribution is 2.21. The molecule has 4 nitrogen and oxygen atoms in total. The maximum atomic E-state index is 12.0. The van der Waals surface area contributed by atoms with Crippen molar-refractivity contribution in [3.8, 4) is 0 Å². The molecule has 0 saturated carbocycles. The second-order valence-corrected chi connectivity index (χ2v) is 5.35. The highest BCUT2D eigenvalue weighted by atomic mass is 16.2. The van der Waals surface area contributed by atoms with Crippen LogP contribution in [0.15, 0.2) is 53.6 Å². The first-order valence-electron chi connectivity index (χ1n) is 6.51. The maximum absolute atomic E-state index is 12.0. The Hall–Kier alpha value is -2.36. The van der Waals surface area contributed by atoms with Gasteiger partial charge in [-0.3, -0.25) is 9.59 Å². The predicted octanol–water partition coefficient (Wildman–Crippen LogP) is 2.08. The van der Waals surface area contributed by atoms with Gasteiger partial charge in [0.1, 0.15) is 5.56 Å². The van der Waals surface area contributed by atoms with E-state index in [1.807, 2.05) is 30.3 Å². The van der Waals surface area contributed by atoms with E-state index in [-0.39, 0.29) is 22.3 Å². The second-order valence-electron chi connectivity index (χ2n) is 5.35. The van der Waals surface area contributed by atoms with Crippen molar-refractivity contribution >= 4 is 5.91 Å². The molecular formula is C16H18N2O2. The third kappa shape index (κ3) is 3.15. The molecule has 2 aromatic rings. The molecule has 0 bridgehead atoms. The lowest BCUT2D eigenvalue weighted by atomic mass is 9.84. The molecule has 0 fully saturated rings. The van der Waals surface area contributed by atoms with Gasteiger partial charge in [0.05, 0.1) is 0 Å². The average molecular weight is 270 g/mol. The lowest BCUT2D eigenvalue weighted by Gasteiger charge is -2.25. The van der Waals surface area contributed by atoms with Crippen LogP contribution in [0.3, 0.4) is 0 Å². The lowest BCUT2D eigenvalue weighted by Crippen LogP contribution is -2.38. The van der Waals surface area contributed by atoms with Crippen molar-refractivity contribution in [2.45, 2.75) is 19.3 Å². The van der Waals surface area contributed by atoms with Crippen LogP contribution in [-0.2, 0) is 5.41 Å². The molecule has 4 heteroatoms. The average Bonchev–Trinajstić information content (AvgIpc) is 2.46. The number of nitrogens with one attached hydrogen (secondary N) is 2. The van der Waals surface area contributed by atoms with Gasteiger partial charge in [-0.1, -0.05) is 44.2 Å². The summed E-state index contributed by atoms with van der Waals surface area (Å²) < 4.78 is 0. The van der Waals surface area contributed by atoms with Crippen LogP contribution in [0, 0.1) is 0 Å². The van der Waals surface area contributed by atoms with Gasteiger partial charge in [0.15, 0.2) is 5.43 Å². The summed E-state index contributed by atoms with van der Waals surface area (Å²) in [6.45, 7) is 4.57. The van der Waals surface area contributed by atoms with E-state index in [0.29, 0.717) is 6.54 Å². The van der Waals surface area contributed by atoms with Crippen LogP contribution in [0.1, 0.15) is 29.8 Å². The molecule has 0 aliphatic carbocycles. The Morgan fingerprint density at radius 2 is 1.90 bits per heavy atom. The fourth-order valence-corrected chi connectivity index (χ4v) is 1.98. The van der Waals surface area contributed by atoms with Crippen molar-refractivity contribution < 1.29 is 4.79 Å². The highest BCUT2D eigenvalue weighted by Gasteiger charge is 2.21. The highest BCUT2D eigenvalue weighted by molar-refractivity contribution is 5.93. The van der Waals surface area contributed by atoms with Crippen LogP contribution < -0.4 is 10.7 Å². The summed E-state index contributed by atoms with van der Waals surface area (Å²) in [4.78, 5) is 26.3. The number of pyridine rings is 1. The van der Waals surface area contributed by atoms with Crippen LogP contribution in [0.2, 0.25) is 0 Å². The number of aromatic nitrogens is 1. The SMILES string of the molecule is CC(C)(CNC(=O)c1c[nH]ccc1=O)c1ccccc1. The molecule has 1 aromatic heterocycles. The van der Waals surface area contributed by atoms with Gasteiger partial charge in [-0.15, -0.1) is 0 Å². The minimum Gasteiger partial charge on any atom is -0.367 e. The smallest absolute Gasteiger partial charge is 0.256 e. The minimum absolute atomic E-state index is 0.136. The third-order valence-electron chi connectivity index (χ3n) is 3.31. The molecule has 2 N–H and O–H groups in total. The van der Waals surface area contributed by atoms with E-state index in [1.165, 1.54) is 18.5 Å². The van der Waals surface area contributed by atoms with Crippen molar-refractivity contribution in [3.63, 3.8) is 0 Å². The van der Waals surface area contributed by atoms with Gasteiger partial charge in [-0.25, -0.2) is 0 Å². The summed E-state index contributed by atoms with van der Waals surface area (Å²) in [5.74, 6) is -0.351. The van der Waals surface area contributed by atoms with Gasteiger partial charge < -0.3 is 10.3 Å². The molecule has 2 rings (SSSR count). The third-order valence-corrected chi connectivity index (χ3v) is 3.31. The Kier molecular flexibility index (Phi) is 4.03. The number of aromatic amines is 1. The van der Waals surface area contributed by atoms with Crippen LogP contribution in [0.4, 0.5) is 0 Å². The van der Waals surface area contributed by atoms with Gasteiger partial charge in [0.2, 0.25) is 0 Å². The standard InChI is InChI=1S/C16H18N2O2/c1-16(2,12-6-4-3-5-7-12)11-18-15(20)13-10-17-9-8-14(13)19/h3-10H,11H2,1-2H3,(H,17,19)(H,18,20). The number of carbonyl (C=O) groups is 1. The number of carbonyl (C=O) groups excluding carboxylic acids is 1. The molecule has 1 heterocycles. The summed E-state index contributed by atoms with van der Waals surface area (Å²) >= 11 is 0. The Balaban J connectivity index is 2.07. The molecule has 0 aliphatic heterocycles. The van der Waals surface area contributed by atoms with E-state index in [4.69, 9.17) is 0 Å². The summed E-state index contributed by atoms with van der Waals surface area (Å²) in [6, 6.07) is 11.3. The quantitative estimate of drug-likeness (QED) is 0.893. The fourth-order valence-electron chi connectivity index (χ4n) is 1.98. The van der Waals surface area contributed by atoms with Crippen LogP contribution in [0.25, 0.3) is 0 Å². The van der Waals surface area contributed by atoms with Gasteiger partial charge >= 0.3 is 0 Å². The zero-order valence-electron chi connectivity index (χ0n) is 11.6. The zero-order valence-corrected chi connectivity index (χ0v) is 11.6. The van der Waals surface area contributed by atoms with E-state index in [0.717, 1.165) is 5.56 Å². The summed E-state index contributed by atoms with van der Waals surface area (Å²) in [6.07, 6.45) is 2.93. The molecule has 0 spiro atoms. The minimum atomic E-state index is -0.351. The summed E-state index contributed by atoms with van der Waals surface area (Å²) in [5, 5.41) is 2.82. The Labute approximate surface area is 117 Å². The summed E-state index contributed by atoms with van der Waals surface area (Å²) in [5.41, 5.74) is 0.802. The Morgan fingerprint density at radius 3 is 2.55 bits per heavy atom. The van der Waals surface area contributed by atoms with E-state index in [9.17, 15) is 9.59 Å². The molecule has 0 radical (unpaired) electrons. The predicted molar refractivity (Wildman–Crippen MR) is 78.9 cm³/mol. The molecule has 0 unspecified atom stereocenters. The number of rotatable bonds is 4. The fraction of sp³-hybridized carbons (Fsp3) is 0.250. The van der Waals surface area contributed by atoms with E-state index in [1.54, 1.807) is 0 Å². The first kappa shape index (κ1) is 14.1. The van der Waals surface area contributed by atoms with E-state index < -0.39 is 0 Å². The largest absolute Gasteiger partial charge is 0.367 e. The van der Waals surface area contributed by atoms with Gasteiger partial charge in [-0.05, 0) is 5.56 Å². The number of H-pyrrole nitrogens is 1. The maximum Gasteiger partial charge on any atom is 0.256 e. The van der Waals surface area contributed by atoms with Crippen LogP contribution >= 0.6 is 0 Å². The topological polar surface area (TPSA) is 62.0 Å². The molecule has 20 heavy (non-hydrogen) atoms. The molecule has 1 aromatic carbocycles. The molecule has 0 aliphatic rings. The molecule has 104 valence electrons. The monoisotopic (exact) mass is 270 g/mol. The molecule has 0 atom stereocenters. The van der Waals surface area contributed by atoms with Crippen molar-refractivity contribution in [2.75, 3.05) is 6.54 Å². The number of hydrogen-bond donors (Lipinski definition) is 2. The van der Waals surface area contributed by atoms with Gasteiger partial charge in [-0.2, -0.15) is 0 Å². The molecular weight excluding hydrogens is 252 g/mol. The second kappa shape index (κ2) is 5.74. The van der Waals surface area contributed by atoms with Gasteiger partial charge in [0.25, 0.3) is 5.91 Å². The van der Waals surface area contributed by atoms with Crippen molar-refractivity contribution in [1.29, 1.82) is 0 Å².